The van der Waals surface area contributed by atoms with E-state index in [9.17, 15) is 4.79 Å². The quantitative estimate of drug-likeness (QED) is 0.852. The molecule has 2 aromatic heterocycles. The zero-order valence-electron chi connectivity index (χ0n) is 9.76. The maximum atomic E-state index is 11.5. The summed E-state index contributed by atoms with van der Waals surface area (Å²) in [6, 6.07) is 6.16. The van der Waals surface area contributed by atoms with Crippen molar-refractivity contribution in [1.29, 1.82) is 0 Å². The second-order valence-corrected chi connectivity index (χ2v) is 4.52. The van der Waals surface area contributed by atoms with Gasteiger partial charge < -0.3 is 9.72 Å². The first kappa shape index (κ1) is 10.3. The molecule has 3 rings (SSSR count). The molecule has 2 unspecified atom stereocenters. The predicted octanol–water partition coefficient (Wildman–Crippen LogP) is 1.72. The van der Waals surface area contributed by atoms with Crippen LogP contribution in [-0.4, -0.2) is 21.3 Å². The van der Waals surface area contributed by atoms with Gasteiger partial charge in [-0.1, -0.05) is 13.0 Å². The molecule has 88 valence electrons. The molecule has 1 amide bonds. The Hall–Kier alpha value is -1.84. The van der Waals surface area contributed by atoms with Crippen LogP contribution < -0.4 is 5.32 Å². The topological polar surface area (TPSA) is 46.4 Å². The molecule has 1 saturated heterocycles. The monoisotopic (exact) mass is 229 g/mol. The van der Waals surface area contributed by atoms with Crippen molar-refractivity contribution < 1.29 is 4.79 Å². The number of hydrogen-bond acceptors (Lipinski definition) is 2. The van der Waals surface area contributed by atoms with Gasteiger partial charge in [-0.15, -0.1) is 0 Å². The van der Waals surface area contributed by atoms with Crippen LogP contribution in [0.5, 0.6) is 0 Å². The Morgan fingerprint density at radius 2 is 2.41 bits per heavy atom. The first-order chi connectivity index (χ1) is 8.28. The summed E-state index contributed by atoms with van der Waals surface area (Å²) in [5, 5.41) is 3.01. The lowest BCUT2D eigenvalue weighted by atomic mass is 9.96. The van der Waals surface area contributed by atoms with Crippen molar-refractivity contribution in [1.82, 2.24) is 14.7 Å². The Morgan fingerprint density at radius 3 is 3.18 bits per heavy atom. The number of rotatable bonds is 2. The Bertz CT molecular complexity index is 528. The number of nitrogens with zero attached hydrogens (tertiary/aromatic N) is 2. The van der Waals surface area contributed by atoms with Crippen LogP contribution in [0.15, 0.2) is 30.6 Å². The predicted molar refractivity (Wildman–Crippen MR) is 64.8 cm³/mol. The maximum Gasteiger partial charge on any atom is 0.220 e. The lowest BCUT2D eigenvalue weighted by Crippen LogP contribution is -2.27. The SMILES string of the molecule is CCC1NC(=O)CC1c1cn2ccccc2n1. The summed E-state index contributed by atoms with van der Waals surface area (Å²) in [4.78, 5) is 16.1. The molecule has 1 aliphatic rings. The van der Waals surface area contributed by atoms with Gasteiger partial charge >= 0.3 is 0 Å². The molecule has 17 heavy (non-hydrogen) atoms. The number of amides is 1. The number of hydrogen-bond donors (Lipinski definition) is 1. The van der Waals surface area contributed by atoms with Crippen LogP contribution in [-0.2, 0) is 4.79 Å². The van der Waals surface area contributed by atoms with E-state index >= 15 is 0 Å². The fraction of sp³-hybridized carbons (Fsp3) is 0.385. The fourth-order valence-corrected chi connectivity index (χ4v) is 2.54. The summed E-state index contributed by atoms with van der Waals surface area (Å²) >= 11 is 0. The first-order valence-electron chi connectivity index (χ1n) is 6.01. The summed E-state index contributed by atoms with van der Waals surface area (Å²) < 4.78 is 2.00. The average molecular weight is 229 g/mol. The highest BCUT2D eigenvalue weighted by Crippen LogP contribution is 2.29. The molecule has 0 aromatic carbocycles. The third-order valence-corrected chi connectivity index (χ3v) is 3.44. The fourth-order valence-electron chi connectivity index (χ4n) is 2.54. The van der Waals surface area contributed by atoms with E-state index in [0.717, 1.165) is 17.8 Å². The van der Waals surface area contributed by atoms with Crippen LogP contribution in [0.4, 0.5) is 0 Å². The lowest BCUT2D eigenvalue weighted by Gasteiger charge is -2.14. The molecule has 4 heteroatoms. The number of aromatic nitrogens is 2. The molecule has 0 radical (unpaired) electrons. The lowest BCUT2D eigenvalue weighted by molar-refractivity contribution is -0.119. The van der Waals surface area contributed by atoms with Crippen LogP contribution in [0.3, 0.4) is 0 Å². The molecule has 3 heterocycles. The minimum absolute atomic E-state index is 0.138. The molecular weight excluding hydrogens is 214 g/mol. The van der Waals surface area contributed by atoms with E-state index in [-0.39, 0.29) is 17.9 Å². The van der Waals surface area contributed by atoms with E-state index in [1.54, 1.807) is 0 Å². The van der Waals surface area contributed by atoms with Gasteiger partial charge in [0.25, 0.3) is 0 Å². The number of nitrogens with one attached hydrogen (secondary N) is 1. The molecule has 2 atom stereocenters. The van der Waals surface area contributed by atoms with Gasteiger partial charge in [0.05, 0.1) is 5.69 Å². The largest absolute Gasteiger partial charge is 0.353 e. The van der Waals surface area contributed by atoms with E-state index in [4.69, 9.17) is 0 Å². The van der Waals surface area contributed by atoms with Crippen molar-refractivity contribution in [2.75, 3.05) is 0 Å². The van der Waals surface area contributed by atoms with E-state index in [2.05, 4.69) is 17.2 Å². The third-order valence-electron chi connectivity index (χ3n) is 3.44. The highest BCUT2D eigenvalue weighted by atomic mass is 16.2. The Kier molecular flexibility index (Phi) is 2.35. The molecule has 1 aliphatic heterocycles. The first-order valence-corrected chi connectivity index (χ1v) is 6.01. The van der Waals surface area contributed by atoms with Crippen LogP contribution in [0.25, 0.3) is 5.65 Å². The van der Waals surface area contributed by atoms with Gasteiger partial charge in [-0.2, -0.15) is 0 Å². The molecule has 0 spiro atoms. The van der Waals surface area contributed by atoms with E-state index in [1.807, 2.05) is 35.0 Å². The average Bonchev–Trinajstić information content (AvgIpc) is 2.91. The van der Waals surface area contributed by atoms with Gasteiger partial charge in [0, 0.05) is 30.8 Å². The second-order valence-electron chi connectivity index (χ2n) is 4.52. The highest BCUT2D eigenvalue weighted by Gasteiger charge is 2.33. The van der Waals surface area contributed by atoms with Crippen molar-refractivity contribution in [2.45, 2.75) is 31.7 Å². The zero-order valence-corrected chi connectivity index (χ0v) is 9.76. The summed E-state index contributed by atoms with van der Waals surface area (Å²) in [6.07, 6.45) is 5.52. The summed E-state index contributed by atoms with van der Waals surface area (Å²) in [6.45, 7) is 2.10. The van der Waals surface area contributed by atoms with Gasteiger partial charge in [-0.3, -0.25) is 4.79 Å². The van der Waals surface area contributed by atoms with Crippen molar-refractivity contribution in [3.8, 4) is 0 Å². The number of imidazole rings is 1. The van der Waals surface area contributed by atoms with E-state index in [1.165, 1.54) is 0 Å². The number of carbonyl (C=O) groups excluding carboxylic acids is 1. The third kappa shape index (κ3) is 1.69. The maximum absolute atomic E-state index is 11.5. The molecule has 4 nitrogen and oxygen atoms in total. The number of carbonyl (C=O) groups is 1. The Balaban J connectivity index is 2.00. The van der Waals surface area contributed by atoms with Gasteiger partial charge in [-0.05, 0) is 18.6 Å². The van der Waals surface area contributed by atoms with Crippen molar-refractivity contribution in [3.63, 3.8) is 0 Å². The molecular formula is C13H15N3O. The van der Waals surface area contributed by atoms with Crippen LogP contribution >= 0.6 is 0 Å². The Morgan fingerprint density at radius 1 is 1.53 bits per heavy atom. The summed E-state index contributed by atoms with van der Waals surface area (Å²) in [7, 11) is 0. The van der Waals surface area contributed by atoms with Gasteiger partial charge in [0.2, 0.25) is 5.91 Å². The number of pyridine rings is 1. The van der Waals surface area contributed by atoms with Gasteiger partial charge in [0.15, 0.2) is 0 Å². The van der Waals surface area contributed by atoms with Crippen LogP contribution in [0.2, 0.25) is 0 Å². The Labute approximate surface area is 99.7 Å². The smallest absolute Gasteiger partial charge is 0.220 e. The molecule has 1 fully saturated rings. The standard InChI is InChI=1S/C13H15N3O/c1-2-10-9(7-13(17)15-10)11-8-16-6-4-3-5-12(16)14-11/h3-6,8-10H,2,7H2,1H3,(H,15,17). The van der Waals surface area contributed by atoms with Crippen LogP contribution in [0, 0.1) is 0 Å². The highest BCUT2D eigenvalue weighted by molar-refractivity contribution is 5.80. The van der Waals surface area contributed by atoms with Crippen molar-refractivity contribution in [2.24, 2.45) is 0 Å². The van der Waals surface area contributed by atoms with E-state index in [0.29, 0.717) is 6.42 Å². The number of fused-ring (bicyclic) bond motifs is 1. The summed E-state index contributed by atoms with van der Waals surface area (Å²) in [5.74, 6) is 0.353. The molecule has 2 aromatic rings. The van der Waals surface area contributed by atoms with E-state index < -0.39 is 0 Å². The minimum atomic E-state index is 0.138. The van der Waals surface area contributed by atoms with Gasteiger partial charge in [-0.25, -0.2) is 4.98 Å². The molecule has 0 aliphatic carbocycles. The van der Waals surface area contributed by atoms with Crippen molar-refractivity contribution in [3.05, 3.63) is 36.3 Å². The van der Waals surface area contributed by atoms with Crippen molar-refractivity contribution >= 4 is 11.6 Å². The zero-order chi connectivity index (χ0) is 11.8. The minimum Gasteiger partial charge on any atom is -0.353 e. The second kappa shape index (κ2) is 3.87. The molecule has 0 saturated carbocycles. The normalized spacial score (nSPS) is 24.2. The molecule has 1 N–H and O–H groups in total. The van der Waals surface area contributed by atoms with Gasteiger partial charge in [0.1, 0.15) is 5.65 Å². The van der Waals surface area contributed by atoms with Crippen LogP contribution in [0.1, 0.15) is 31.4 Å². The molecule has 0 bridgehead atoms. The summed E-state index contributed by atoms with van der Waals surface area (Å²) in [5.41, 5.74) is 1.96.